The minimum absolute atomic E-state index is 0.0353. The smallest absolute Gasteiger partial charge is 0.253 e. The van der Waals surface area contributed by atoms with Crippen molar-refractivity contribution in [3.8, 4) is 0 Å². The van der Waals surface area contributed by atoms with E-state index in [-0.39, 0.29) is 5.91 Å². The summed E-state index contributed by atoms with van der Waals surface area (Å²) < 4.78 is 27.6. The van der Waals surface area contributed by atoms with Crippen molar-refractivity contribution in [1.29, 1.82) is 0 Å². The van der Waals surface area contributed by atoms with Crippen molar-refractivity contribution in [3.05, 3.63) is 65.2 Å². The normalized spacial score (nSPS) is 16.0. The second-order valence-corrected chi connectivity index (χ2v) is 9.25. The maximum absolute atomic E-state index is 13.0. The Bertz CT molecular complexity index is 923. The molecule has 0 radical (unpaired) electrons. The molecule has 0 bridgehead atoms. The van der Waals surface area contributed by atoms with E-state index in [0.29, 0.717) is 43.1 Å². The quantitative estimate of drug-likeness (QED) is 0.772. The Labute approximate surface area is 168 Å². The molecule has 1 aliphatic heterocycles. The van der Waals surface area contributed by atoms with Gasteiger partial charge in [0.05, 0.1) is 4.90 Å². The summed E-state index contributed by atoms with van der Waals surface area (Å²) in [6.07, 6.45) is 2.60. The summed E-state index contributed by atoms with van der Waals surface area (Å²) in [5.74, 6) is -0.0353. The Morgan fingerprint density at radius 2 is 1.75 bits per heavy atom. The molecule has 1 saturated heterocycles. The van der Waals surface area contributed by atoms with Gasteiger partial charge in [-0.05, 0) is 49.6 Å². The molecule has 150 valence electrons. The van der Waals surface area contributed by atoms with Crippen LogP contribution in [0.15, 0.2) is 53.4 Å². The maximum atomic E-state index is 13.0. The second-order valence-electron chi connectivity index (χ2n) is 7.31. The summed E-state index contributed by atoms with van der Waals surface area (Å²) >= 11 is 0. The van der Waals surface area contributed by atoms with E-state index in [1.54, 1.807) is 17.0 Å². The summed E-state index contributed by atoms with van der Waals surface area (Å²) in [6.45, 7) is 5.77. The van der Waals surface area contributed by atoms with Crippen LogP contribution in [-0.4, -0.2) is 49.7 Å². The van der Waals surface area contributed by atoms with E-state index in [9.17, 15) is 13.2 Å². The number of sulfonamides is 1. The molecular formula is C22H28N2O3S. The molecule has 0 atom stereocenters. The highest BCUT2D eigenvalue weighted by Gasteiger charge is 2.28. The highest BCUT2D eigenvalue weighted by Crippen LogP contribution is 2.20. The van der Waals surface area contributed by atoms with Crippen LogP contribution in [0.3, 0.4) is 0 Å². The summed E-state index contributed by atoms with van der Waals surface area (Å²) in [6, 6.07) is 14.7. The third-order valence-corrected chi connectivity index (χ3v) is 7.02. The molecular weight excluding hydrogens is 372 g/mol. The molecule has 0 spiro atoms. The lowest BCUT2D eigenvalue weighted by atomic mass is 10.1. The number of aryl methyl sites for hydroxylation is 2. The van der Waals surface area contributed by atoms with Gasteiger partial charge in [-0.25, -0.2) is 8.42 Å². The topological polar surface area (TPSA) is 57.7 Å². The molecule has 0 aromatic heterocycles. The average Bonchev–Trinajstić information content (AvgIpc) is 2.95. The van der Waals surface area contributed by atoms with Gasteiger partial charge in [0.15, 0.2) is 0 Å². The van der Waals surface area contributed by atoms with Crippen LogP contribution in [0.5, 0.6) is 0 Å². The van der Waals surface area contributed by atoms with Gasteiger partial charge in [-0.1, -0.05) is 43.2 Å². The lowest BCUT2D eigenvalue weighted by molar-refractivity contribution is 0.0764. The summed E-state index contributed by atoms with van der Waals surface area (Å²) in [5, 5.41) is 0. The van der Waals surface area contributed by atoms with Gasteiger partial charge in [0.25, 0.3) is 5.91 Å². The van der Waals surface area contributed by atoms with Gasteiger partial charge in [0.2, 0.25) is 10.0 Å². The van der Waals surface area contributed by atoms with E-state index in [1.165, 1.54) is 4.31 Å². The Balaban J connectivity index is 1.71. The number of carbonyl (C=O) groups excluding carboxylic acids is 1. The summed E-state index contributed by atoms with van der Waals surface area (Å²) in [4.78, 5) is 14.9. The highest BCUT2D eigenvalue weighted by atomic mass is 32.2. The Morgan fingerprint density at radius 1 is 1.00 bits per heavy atom. The largest absolute Gasteiger partial charge is 0.337 e. The number of carbonyl (C=O) groups is 1. The van der Waals surface area contributed by atoms with Crippen molar-refractivity contribution in [2.24, 2.45) is 0 Å². The van der Waals surface area contributed by atoms with Crippen molar-refractivity contribution in [2.75, 3.05) is 26.2 Å². The molecule has 2 aromatic rings. The van der Waals surface area contributed by atoms with Gasteiger partial charge >= 0.3 is 0 Å². The molecule has 0 saturated carbocycles. The van der Waals surface area contributed by atoms with Crippen molar-refractivity contribution < 1.29 is 13.2 Å². The lowest BCUT2D eigenvalue weighted by Crippen LogP contribution is -2.37. The standard InChI is InChI=1S/C22H28N2O3S/c1-3-6-19-9-11-21(12-10-19)28(26,27)24-14-5-13-23(15-16-24)22(25)20-8-4-7-18(2)17-20/h4,7-12,17H,3,5-6,13-16H2,1-2H3. The van der Waals surface area contributed by atoms with Crippen LogP contribution < -0.4 is 0 Å². The van der Waals surface area contributed by atoms with Crippen molar-refractivity contribution in [3.63, 3.8) is 0 Å². The van der Waals surface area contributed by atoms with Crippen molar-refractivity contribution >= 4 is 15.9 Å². The SMILES string of the molecule is CCCc1ccc(S(=O)(=O)N2CCCN(C(=O)c3cccc(C)c3)CC2)cc1. The first kappa shape index (κ1) is 20.6. The molecule has 3 rings (SSSR count). The summed E-state index contributed by atoms with van der Waals surface area (Å²) in [7, 11) is -3.54. The molecule has 1 amide bonds. The average molecular weight is 401 g/mol. The zero-order chi connectivity index (χ0) is 20.1. The molecule has 6 heteroatoms. The molecule has 0 unspecified atom stereocenters. The van der Waals surface area contributed by atoms with Crippen molar-refractivity contribution in [2.45, 2.75) is 38.0 Å². The first-order chi connectivity index (χ1) is 13.4. The first-order valence-corrected chi connectivity index (χ1v) is 11.3. The van der Waals surface area contributed by atoms with E-state index in [2.05, 4.69) is 6.92 Å². The number of amides is 1. The number of rotatable bonds is 5. The van der Waals surface area contributed by atoms with Crippen LogP contribution in [0.25, 0.3) is 0 Å². The Hall–Kier alpha value is -2.18. The number of hydrogen-bond donors (Lipinski definition) is 0. The molecule has 1 aliphatic rings. The fourth-order valence-corrected chi connectivity index (χ4v) is 5.03. The molecule has 28 heavy (non-hydrogen) atoms. The fourth-order valence-electron chi connectivity index (χ4n) is 3.56. The van der Waals surface area contributed by atoms with E-state index in [4.69, 9.17) is 0 Å². The monoisotopic (exact) mass is 400 g/mol. The van der Waals surface area contributed by atoms with Crippen LogP contribution in [-0.2, 0) is 16.4 Å². The zero-order valence-corrected chi connectivity index (χ0v) is 17.4. The third kappa shape index (κ3) is 4.62. The predicted molar refractivity (Wildman–Crippen MR) is 111 cm³/mol. The Morgan fingerprint density at radius 3 is 2.43 bits per heavy atom. The lowest BCUT2D eigenvalue weighted by Gasteiger charge is -2.22. The summed E-state index contributed by atoms with van der Waals surface area (Å²) in [5.41, 5.74) is 2.84. The van der Waals surface area contributed by atoms with Gasteiger partial charge < -0.3 is 4.90 Å². The van der Waals surface area contributed by atoms with Crippen LogP contribution in [0.2, 0.25) is 0 Å². The third-order valence-electron chi connectivity index (χ3n) is 5.11. The minimum Gasteiger partial charge on any atom is -0.337 e. The van der Waals surface area contributed by atoms with Gasteiger partial charge in [-0.15, -0.1) is 0 Å². The van der Waals surface area contributed by atoms with Crippen LogP contribution in [0.4, 0.5) is 0 Å². The molecule has 1 fully saturated rings. The van der Waals surface area contributed by atoms with Gasteiger partial charge in [0.1, 0.15) is 0 Å². The fraction of sp³-hybridized carbons (Fsp3) is 0.409. The molecule has 0 N–H and O–H groups in total. The molecule has 0 aliphatic carbocycles. The van der Waals surface area contributed by atoms with Gasteiger partial charge in [-0.2, -0.15) is 4.31 Å². The highest BCUT2D eigenvalue weighted by molar-refractivity contribution is 7.89. The zero-order valence-electron chi connectivity index (χ0n) is 16.6. The molecule has 2 aromatic carbocycles. The van der Waals surface area contributed by atoms with Crippen LogP contribution in [0, 0.1) is 6.92 Å². The van der Waals surface area contributed by atoms with E-state index >= 15 is 0 Å². The molecule has 5 nitrogen and oxygen atoms in total. The number of nitrogens with zero attached hydrogens (tertiary/aromatic N) is 2. The maximum Gasteiger partial charge on any atom is 0.253 e. The second kappa shape index (κ2) is 8.88. The van der Waals surface area contributed by atoms with E-state index in [0.717, 1.165) is 24.0 Å². The minimum atomic E-state index is -3.54. The van der Waals surface area contributed by atoms with Gasteiger partial charge in [0, 0.05) is 31.7 Å². The van der Waals surface area contributed by atoms with Crippen molar-refractivity contribution in [1.82, 2.24) is 9.21 Å². The van der Waals surface area contributed by atoms with E-state index in [1.807, 2.05) is 43.3 Å². The Kier molecular flexibility index (Phi) is 6.52. The van der Waals surface area contributed by atoms with Gasteiger partial charge in [-0.3, -0.25) is 4.79 Å². The number of hydrogen-bond acceptors (Lipinski definition) is 3. The van der Waals surface area contributed by atoms with Crippen LogP contribution >= 0.6 is 0 Å². The van der Waals surface area contributed by atoms with Crippen LogP contribution in [0.1, 0.15) is 41.3 Å². The predicted octanol–water partition coefficient (Wildman–Crippen LogP) is 3.48. The number of benzene rings is 2. The van der Waals surface area contributed by atoms with E-state index < -0.39 is 10.0 Å². The first-order valence-electron chi connectivity index (χ1n) is 9.87. The molecule has 1 heterocycles.